The van der Waals surface area contributed by atoms with E-state index in [2.05, 4.69) is 15.9 Å². The summed E-state index contributed by atoms with van der Waals surface area (Å²) in [6.07, 6.45) is 0. The zero-order valence-corrected chi connectivity index (χ0v) is 20.4. The molecule has 0 aliphatic rings. The molecule has 0 saturated heterocycles. The van der Waals surface area contributed by atoms with Crippen LogP contribution < -0.4 is 9.47 Å². The second kappa shape index (κ2) is 14.5. The maximum Gasteiger partial charge on any atom is 0.341 e. The molecule has 0 bridgehead atoms. The number of rotatable bonds is 9. The van der Waals surface area contributed by atoms with Gasteiger partial charge in [-0.3, -0.25) is 0 Å². The normalized spacial score (nSPS) is 9.87. The minimum atomic E-state index is -0.341. The third-order valence-electron chi connectivity index (χ3n) is 3.93. The van der Waals surface area contributed by atoms with Crippen molar-refractivity contribution in [1.82, 2.24) is 0 Å². The molecule has 0 aliphatic heterocycles. The van der Waals surface area contributed by atoms with Crippen LogP contribution in [0, 0.1) is 6.92 Å². The molecular weight excluding hydrogens is 464 g/mol. The summed E-state index contributed by atoms with van der Waals surface area (Å²) in [7, 11) is 0. The van der Waals surface area contributed by atoms with Gasteiger partial charge in [0.1, 0.15) is 22.6 Å². The Kier molecular flexibility index (Phi) is 12.4. The van der Waals surface area contributed by atoms with Crippen molar-refractivity contribution in [1.29, 1.82) is 0 Å². The van der Waals surface area contributed by atoms with Crippen LogP contribution in [0.3, 0.4) is 0 Å². The number of hydrogen-bond acceptors (Lipinski definition) is 6. The molecule has 0 saturated carbocycles. The lowest BCUT2D eigenvalue weighted by molar-refractivity contribution is 0.0512. The molecule has 31 heavy (non-hydrogen) atoms. The average molecular weight is 495 g/mol. The van der Waals surface area contributed by atoms with Gasteiger partial charge in [-0.05, 0) is 70.0 Å². The topological polar surface area (TPSA) is 71.1 Å². The third-order valence-corrected chi connectivity index (χ3v) is 4.58. The quantitative estimate of drug-likeness (QED) is 0.327. The Morgan fingerprint density at radius 1 is 0.742 bits per heavy atom. The predicted molar refractivity (Wildman–Crippen MR) is 125 cm³/mol. The Hall–Kier alpha value is -2.54. The molecule has 0 atom stereocenters. The molecule has 0 fully saturated rings. The van der Waals surface area contributed by atoms with Crippen LogP contribution in [0.15, 0.2) is 36.4 Å². The Morgan fingerprint density at radius 3 is 1.68 bits per heavy atom. The molecule has 6 nitrogen and oxygen atoms in total. The molecule has 0 spiro atoms. The summed E-state index contributed by atoms with van der Waals surface area (Å²) in [5.74, 6) is 0.502. The summed E-state index contributed by atoms with van der Waals surface area (Å²) in [6, 6.07) is 10.9. The van der Waals surface area contributed by atoms with Crippen LogP contribution in [-0.2, 0) is 14.8 Å². The average Bonchev–Trinajstić information content (AvgIpc) is 2.75. The highest BCUT2D eigenvalue weighted by molar-refractivity contribution is 9.08. The van der Waals surface area contributed by atoms with Crippen LogP contribution in [-0.4, -0.2) is 38.4 Å². The van der Waals surface area contributed by atoms with Gasteiger partial charge in [-0.2, -0.15) is 0 Å². The van der Waals surface area contributed by atoms with Crippen molar-refractivity contribution in [3.63, 3.8) is 0 Å². The molecule has 2 aromatic carbocycles. The molecular formula is C24H31BrO6. The van der Waals surface area contributed by atoms with Gasteiger partial charge in [-0.25, -0.2) is 9.59 Å². The van der Waals surface area contributed by atoms with E-state index in [0.717, 1.165) is 16.5 Å². The first-order chi connectivity index (χ1) is 14.9. The Morgan fingerprint density at radius 2 is 1.23 bits per heavy atom. The van der Waals surface area contributed by atoms with Gasteiger partial charge >= 0.3 is 11.9 Å². The maximum atomic E-state index is 11.6. The molecule has 0 aliphatic carbocycles. The van der Waals surface area contributed by atoms with Gasteiger partial charge in [0, 0.05) is 5.33 Å². The number of carbonyl (C=O) groups is 2. The molecule has 0 heterocycles. The highest BCUT2D eigenvalue weighted by atomic mass is 79.9. The summed E-state index contributed by atoms with van der Waals surface area (Å²) in [6.45, 7) is 11.1. The van der Waals surface area contributed by atoms with Crippen molar-refractivity contribution in [3.05, 3.63) is 58.7 Å². The lowest BCUT2D eigenvalue weighted by Gasteiger charge is -2.10. The fraction of sp³-hybridized carbons (Fsp3) is 0.417. The molecule has 170 valence electrons. The molecule has 2 aromatic rings. The van der Waals surface area contributed by atoms with Gasteiger partial charge in [0.05, 0.1) is 26.4 Å². The van der Waals surface area contributed by atoms with E-state index < -0.39 is 0 Å². The molecule has 7 heteroatoms. The first-order valence-electron chi connectivity index (χ1n) is 10.3. The second-order valence-corrected chi connectivity index (χ2v) is 6.83. The van der Waals surface area contributed by atoms with E-state index in [1.54, 1.807) is 26.0 Å². The van der Waals surface area contributed by atoms with Crippen molar-refractivity contribution in [2.75, 3.05) is 26.4 Å². The third kappa shape index (κ3) is 8.61. The molecule has 0 amide bonds. The van der Waals surface area contributed by atoms with Crippen molar-refractivity contribution < 1.29 is 28.5 Å². The monoisotopic (exact) mass is 494 g/mol. The van der Waals surface area contributed by atoms with E-state index in [9.17, 15) is 9.59 Å². The summed E-state index contributed by atoms with van der Waals surface area (Å²) in [5.41, 5.74) is 3.10. The molecule has 0 unspecified atom stereocenters. The molecule has 2 rings (SSSR count). The van der Waals surface area contributed by atoms with Crippen molar-refractivity contribution in [2.24, 2.45) is 0 Å². The Bertz CT molecular complexity index is 850. The SMILES string of the molecule is CCOC(=O)c1ccc(C)cc1OCC.CCOC(=O)c1ccc(CBr)cc1OCC. The van der Waals surface area contributed by atoms with E-state index in [4.69, 9.17) is 18.9 Å². The second-order valence-electron chi connectivity index (χ2n) is 6.27. The Labute approximate surface area is 193 Å². The van der Waals surface area contributed by atoms with Gasteiger partial charge in [0.2, 0.25) is 0 Å². The van der Waals surface area contributed by atoms with Crippen LogP contribution >= 0.6 is 15.9 Å². The number of aryl methyl sites for hydroxylation is 1. The number of carbonyl (C=O) groups excluding carboxylic acids is 2. The number of hydrogen-bond donors (Lipinski definition) is 0. The first-order valence-corrected chi connectivity index (χ1v) is 11.4. The van der Waals surface area contributed by atoms with E-state index in [1.807, 2.05) is 45.0 Å². The van der Waals surface area contributed by atoms with Gasteiger partial charge in [-0.1, -0.05) is 28.1 Å². The van der Waals surface area contributed by atoms with E-state index in [0.29, 0.717) is 49.1 Å². The number of esters is 2. The predicted octanol–water partition coefficient (Wildman–Crippen LogP) is 5.73. The summed E-state index contributed by atoms with van der Waals surface area (Å²) >= 11 is 3.36. The van der Waals surface area contributed by atoms with Gasteiger partial charge < -0.3 is 18.9 Å². The lowest BCUT2D eigenvalue weighted by atomic mass is 10.1. The zero-order chi connectivity index (χ0) is 23.2. The van der Waals surface area contributed by atoms with E-state index in [1.165, 1.54) is 0 Å². The highest BCUT2D eigenvalue weighted by Gasteiger charge is 2.14. The summed E-state index contributed by atoms with van der Waals surface area (Å²) in [5, 5.41) is 0.732. The fourth-order valence-electron chi connectivity index (χ4n) is 2.58. The Balaban J connectivity index is 0.000000311. The van der Waals surface area contributed by atoms with Crippen LogP contribution in [0.25, 0.3) is 0 Å². The molecule has 0 radical (unpaired) electrons. The van der Waals surface area contributed by atoms with Crippen molar-refractivity contribution in [2.45, 2.75) is 39.9 Å². The first kappa shape index (κ1) is 26.5. The highest BCUT2D eigenvalue weighted by Crippen LogP contribution is 2.23. The standard InChI is InChI=1S/C12H15BrO3.C12H16O3/c1-3-15-11-7-9(8-13)5-6-10(11)12(14)16-4-2;1-4-14-11-8-9(3)6-7-10(11)12(13)15-5-2/h5-7H,3-4,8H2,1-2H3;6-8H,4-5H2,1-3H3. The zero-order valence-electron chi connectivity index (χ0n) is 18.8. The minimum Gasteiger partial charge on any atom is -0.493 e. The molecule has 0 aromatic heterocycles. The van der Waals surface area contributed by atoms with E-state index >= 15 is 0 Å². The largest absolute Gasteiger partial charge is 0.493 e. The number of benzene rings is 2. The van der Waals surface area contributed by atoms with Crippen LogP contribution in [0.2, 0.25) is 0 Å². The van der Waals surface area contributed by atoms with Crippen molar-refractivity contribution >= 4 is 27.9 Å². The van der Waals surface area contributed by atoms with Crippen LogP contribution in [0.5, 0.6) is 11.5 Å². The fourth-order valence-corrected chi connectivity index (χ4v) is 2.93. The van der Waals surface area contributed by atoms with Gasteiger partial charge in [-0.15, -0.1) is 0 Å². The molecule has 0 N–H and O–H groups in total. The number of alkyl halides is 1. The van der Waals surface area contributed by atoms with Crippen LogP contribution in [0.4, 0.5) is 0 Å². The number of ether oxygens (including phenoxy) is 4. The minimum absolute atomic E-state index is 0.332. The van der Waals surface area contributed by atoms with Gasteiger partial charge in [0.25, 0.3) is 0 Å². The maximum absolute atomic E-state index is 11.6. The van der Waals surface area contributed by atoms with Crippen molar-refractivity contribution in [3.8, 4) is 11.5 Å². The summed E-state index contributed by atoms with van der Waals surface area (Å²) in [4.78, 5) is 23.2. The lowest BCUT2D eigenvalue weighted by Crippen LogP contribution is -2.08. The summed E-state index contributed by atoms with van der Waals surface area (Å²) < 4.78 is 20.7. The smallest absolute Gasteiger partial charge is 0.341 e. The van der Waals surface area contributed by atoms with E-state index in [-0.39, 0.29) is 11.9 Å². The van der Waals surface area contributed by atoms with Gasteiger partial charge in [0.15, 0.2) is 0 Å². The number of halogens is 1. The van der Waals surface area contributed by atoms with Crippen LogP contribution in [0.1, 0.15) is 59.5 Å².